The van der Waals surface area contributed by atoms with Crippen LogP contribution in [-0.4, -0.2) is 0 Å². The fourth-order valence-corrected chi connectivity index (χ4v) is 4.11. The van der Waals surface area contributed by atoms with Crippen LogP contribution in [0.4, 0.5) is 0 Å². The second-order valence-electron chi connectivity index (χ2n) is 5.51. The minimum atomic E-state index is -1.56. The topological polar surface area (TPSA) is 95.2 Å². The highest BCUT2D eigenvalue weighted by atomic mass is 14.7. The van der Waals surface area contributed by atoms with Crippen molar-refractivity contribution in [1.29, 1.82) is 21.0 Å². The molecule has 0 unspecified atom stereocenters. The average molecular weight is 246 g/mol. The molecule has 0 radical (unpaired) electrons. The molecule has 0 aromatic carbocycles. The molecule has 4 aliphatic rings. The summed E-state index contributed by atoms with van der Waals surface area (Å²) in [5, 5.41) is 38.1. The van der Waals surface area contributed by atoms with Crippen molar-refractivity contribution in [1.82, 2.24) is 0 Å². The van der Waals surface area contributed by atoms with Crippen molar-refractivity contribution in [3.8, 4) is 24.3 Å². The first-order valence-corrected chi connectivity index (χ1v) is 6.13. The van der Waals surface area contributed by atoms with Gasteiger partial charge in [0.25, 0.3) is 0 Å². The van der Waals surface area contributed by atoms with E-state index in [-0.39, 0.29) is 23.7 Å². The fourth-order valence-electron chi connectivity index (χ4n) is 4.11. The average Bonchev–Trinajstić information content (AvgIpc) is 2.44. The summed E-state index contributed by atoms with van der Waals surface area (Å²) in [6.07, 6.45) is 5.78. The van der Waals surface area contributed by atoms with Gasteiger partial charge in [-0.15, -0.1) is 0 Å². The third kappa shape index (κ3) is 0.907. The van der Waals surface area contributed by atoms with Crippen molar-refractivity contribution in [2.75, 3.05) is 0 Å². The lowest BCUT2D eigenvalue weighted by atomic mass is 9.38. The van der Waals surface area contributed by atoms with Gasteiger partial charge < -0.3 is 0 Å². The Hall–Kier alpha value is -2.56. The number of rotatable bonds is 0. The molecular formula is C15H10N4. The van der Waals surface area contributed by atoms with E-state index in [1.54, 1.807) is 0 Å². The lowest BCUT2D eigenvalue weighted by molar-refractivity contribution is 0.00180. The first-order chi connectivity index (χ1) is 9.11. The van der Waals surface area contributed by atoms with E-state index in [4.69, 9.17) is 0 Å². The van der Waals surface area contributed by atoms with E-state index in [2.05, 4.69) is 6.08 Å². The molecule has 4 aliphatic carbocycles. The summed E-state index contributed by atoms with van der Waals surface area (Å²) < 4.78 is 0. The monoisotopic (exact) mass is 246 g/mol. The predicted molar refractivity (Wildman–Crippen MR) is 64.2 cm³/mol. The smallest absolute Gasteiger partial charge is 0.182 e. The SMILES string of the molecule is CC1=C[C@@H]2[C@@H]1[C@@H]1C=C[C@@H]2C(C#N)(C#N)C1(C#N)C#N. The van der Waals surface area contributed by atoms with Crippen molar-refractivity contribution in [2.24, 2.45) is 34.5 Å². The highest BCUT2D eigenvalue weighted by Gasteiger charge is 2.72. The van der Waals surface area contributed by atoms with E-state index in [0.717, 1.165) is 5.57 Å². The molecule has 2 bridgehead atoms. The molecule has 0 aromatic heterocycles. The molecule has 0 amide bonds. The molecule has 0 spiro atoms. The number of allylic oxidation sites excluding steroid dienone is 4. The van der Waals surface area contributed by atoms with Gasteiger partial charge in [0, 0.05) is 11.8 Å². The van der Waals surface area contributed by atoms with Gasteiger partial charge in [0.05, 0.1) is 24.3 Å². The highest BCUT2D eigenvalue weighted by Crippen LogP contribution is 2.67. The lowest BCUT2D eigenvalue weighted by Gasteiger charge is -2.59. The quantitative estimate of drug-likeness (QED) is 0.611. The minimum absolute atomic E-state index is 0.115. The molecule has 1 saturated carbocycles. The van der Waals surface area contributed by atoms with E-state index < -0.39 is 10.8 Å². The number of hydrogen-bond acceptors (Lipinski definition) is 4. The van der Waals surface area contributed by atoms with E-state index in [0.29, 0.717) is 0 Å². The van der Waals surface area contributed by atoms with Crippen LogP contribution in [0.3, 0.4) is 0 Å². The summed E-state index contributed by atoms with van der Waals surface area (Å²) in [4.78, 5) is 0. The Morgan fingerprint density at radius 1 is 0.895 bits per heavy atom. The summed E-state index contributed by atoms with van der Waals surface area (Å²) >= 11 is 0. The largest absolute Gasteiger partial charge is 0.196 e. The van der Waals surface area contributed by atoms with Crippen molar-refractivity contribution in [3.05, 3.63) is 23.8 Å². The van der Waals surface area contributed by atoms with Crippen LogP contribution in [0.5, 0.6) is 0 Å². The van der Waals surface area contributed by atoms with Gasteiger partial charge in [-0.3, -0.25) is 0 Å². The van der Waals surface area contributed by atoms with Crippen molar-refractivity contribution in [2.45, 2.75) is 6.92 Å². The van der Waals surface area contributed by atoms with E-state index in [9.17, 15) is 21.0 Å². The first-order valence-electron chi connectivity index (χ1n) is 6.13. The summed E-state index contributed by atoms with van der Waals surface area (Å²) in [6.45, 7) is 1.98. The van der Waals surface area contributed by atoms with Gasteiger partial charge in [0.15, 0.2) is 10.8 Å². The molecule has 0 heterocycles. The van der Waals surface area contributed by atoms with Crippen LogP contribution in [0, 0.1) is 79.8 Å². The molecule has 0 N–H and O–H groups in total. The summed E-state index contributed by atoms with van der Waals surface area (Å²) in [6, 6.07) is 8.03. The number of hydrogen-bond donors (Lipinski definition) is 0. The Balaban J connectivity index is 2.33. The van der Waals surface area contributed by atoms with Crippen molar-refractivity contribution < 1.29 is 0 Å². The van der Waals surface area contributed by atoms with Gasteiger partial charge in [-0.2, -0.15) is 21.0 Å². The van der Waals surface area contributed by atoms with Gasteiger partial charge in [0.2, 0.25) is 0 Å². The normalized spacial score (nSPS) is 38.5. The zero-order valence-corrected chi connectivity index (χ0v) is 10.3. The lowest BCUT2D eigenvalue weighted by Crippen LogP contribution is -2.62. The minimum Gasteiger partial charge on any atom is -0.196 e. The molecule has 1 fully saturated rings. The molecule has 90 valence electrons. The first kappa shape index (κ1) is 11.5. The zero-order chi connectivity index (χ0) is 13.8. The number of nitriles is 4. The molecule has 4 heteroatoms. The molecule has 0 aromatic rings. The summed E-state index contributed by atoms with van der Waals surface area (Å²) in [5.74, 6) is -0.476. The van der Waals surface area contributed by atoms with E-state index in [1.165, 1.54) is 0 Å². The van der Waals surface area contributed by atoms with Crippen molar-refractivity contribution in [3.63, 3.8) is 0 Å². The Bertz CT molecular complexity index is 658. The zero-order valence-electron chi connectivity index (χ0n) is 10.3. The van der Waals surface area contributed by atoms with Gasteiger partial charge in [0.1, 0.15) is 0 Å². The van der Waals surface area contributed by atoms with Crippen LogP contribution in [0.15, 0.2) is 23.8 Å². The third-order valence-corrected chi connectivity index (χ3v) is 5.05. The predicted octanol–water partition coefficient (Wildman–Crippen LogP) is 2.06. The van der Waals surface area contributed by atoms with Crippen LogP contribution in [0.2, 0.25) is 0 Å². The third-order valence-electron chi connectivity index (χ3n) is 5.05. The second-order valence-corrected chi connectivity index (χ2v) is 5.51. The maximum Gasteiger partial charge on any atom is 0.182 e. The standard InChI is InChI=1S/C15H10N4/c1-9-4-10-11-2-3-12(13(9)10)15(7-18,8-19)14(11,5-16)6-17/h2-4,10-13H,1H3/t10-,11-,12-,13+/m0/s1. The Morgan fingerprint density at radius 2 is 1.37 bits per heavy atom. The maximum atomic E-state index is 9.55. The van der Waals surface area contributed by atoms with Crippen LogP contribution in [0.25, 0.3) is 0 Å². The Morgan fingerprint density at radius 3 is 1.84 bits per heavy atom. The van der Waals surface area contributed by atoms with E-state index >= 15 is 0 Å². The molecule has 4 nitrogen and oxygen atoms in total. The Kier molecular flexibility index (Phi) is 1.98. The van der Waals surface area contributed by atoms with Crippen LogP contribution in [0.1, 0.15) is 6.92 Å². The summed E-state index contributed by atoms with van der Waals surface area (Å²) in [5.41, 5.74) is -1.97. The van der Waals surface area contributed by atoms with Gasteiger partial charge in [-0.25, -0.2) is 0 Å². The number of fused-ring (bicyclic) bond motifs is 1. The van der Waals surface area contributed by atoms with Crippen molar-refractivity contribution >= 4 is 0 Å². The van der Waals surface area contributed by atoms with Crippen LogP contribution >= 0.6 is 0 Å². The van der Waals surface area contributed by atoms with Gasteiger partial charge in [-0.05, 0) is 18.8 Å². The van der Waals surface area contributed by atoms with Crippen LogP contribution < -0.4 is 0 Å². The Labute approximate surface area is 111 Å². The summed E-state index contributed by atoms with van der Waals surface area (Å²) in [7, 11) is 0. The molecule has 0 aliphatic heterocycles. The van der Waals surface area contributed by atoms with E-state index in [1.807, 2.05) is 43.4 Å². The molecule has 4 atom stereocenters. The maximum absolute atomic E-state index is 9.55. The highest BCUT2D eigenvalue weighted by molar-refractivity contribution is 5.50. The van der Waals surface area contributed by atoms with Gasteiger partial charge in [-0.1, -0.05) is 23.8 Å². The second kappa shape index (κ2) is 3.26. The fraction of sp³-hybridized carbons (Fsp3) is 0.467. The molecule has 4 rings (SSSR count). The van der Waals surface area contributed by atoms with Gasteiger partial charge >= 0.3 is 0 Å². The molecular weight excluding hydrogens is 236 g/mol. The number of nitrogens with zero attached hydrogens (tertiary/aromatic N) is 4. The molecule has 19 heavy (non-hydrogen) atoms. The molecule has 0 saturated heterocycles. The van der Waals surface area contributed by atoms with Crippen LogP contribution in [-0.2, 0) is 0 Å².